The molecule has 21 rings (SSSR count). The average molecular weight is 2090 g/mol. The lowest BCUT2D eigenvalue weighted by Gasteiger charge is -2.50. The number of anilines is 4. The van der Waals surface area contributed by atoms with E-state index in [0.717, 1.165) is 269 Å². The van der Waals surface area contributed by atoms with Gasteiger partial charge in [-0.3, -0.25) is 14.4 Å². The number of carbonyl (C=O) groups excluding carboxylic acids is 1. The summed E-state index contributed by atoms with van der Waals surface area (Å²) in [6.07, 6.45) is 21.2. The second-order valence-electron chi connectivity index (χ2n) is 40.7. The number of carboxylic acids is 2. The average Bonchev–Trinajstić information content (AvgIpc) is 1.59. The number of hydrogen-bond acceptors (Lipinski definition) is 24. The molecule has 16 heterocycles. The Bertz CT molecular complexity index is 6530. The largest absolute Gasteiger partial charge is 0.481 e. The highest BCUT2D eigenvalue weighted by atomic mass is 35.5. The number of nitrogens with two attached hydrogens (primary N) is 1. The van der Waals surface area contributed by atoms with E-state index in [1.165, 1.54) is 51.4 Å². The van der Waals surface area contributed by atoms with Gasteiger partial charge in [0.15, 0.2) is 22.6 Å². The first-order valence-electron chi connectivity index (χ1n) is 50.2. The number of primary amides is 1. The summed E-state index contributed by atoms with van der Waals surface area (Å²) in [4.78, 5) is 91.2. The van der Waals surface area contributed by atoms with E-state index in [4.69, 9.17) is 169 Å². The first kappa shape index (κ1) is 103. The van der Waals surface area contributed by atoms with E-state index < -0.39 is 11.9 Å². The van der Waals surface area contributed by atoms with E-state index in [0.29, 0.717) is 94.1 Å². The van der Waals surface area contributed by atoms with Crippen molar-refractivity contribution in [2.24, 2.45) is 59.0 Å². The summed E-state index contributed by atoms with van der Waals surface area (Å²) in [5, 5.41) is 51.2. The fraction of sp³-hybridized carbons (Fsp3) is 0.544. The van der Waals surface area contributed by atoms with E-state index in [1.54, 1.807) is 24.3 Å². The van der Waals surface area contributed by atoms with Crippen LogP contribution in [0, 0.1) is 81.0 Å². The third-order valence-corrected chi connectivity index (χ3v) is 33.5. The fourth-order valence-corrected chi connectivity index (χ4v) is 24.9. The van der Waals surface area contributed by atoms with Gasteiger partial charge < -0.3 is 60.3 Å². The van der Waals surface area contributed by atoms with Crippen LogP contribution in [0.1, 0.15) is 187 Å². The maximum absolute atomic E-state index is 11.2. The van der Waals surface area contributed by atoms with Crippen LogP contribution in [0.4, 0.5) is 23.3 Å². The van der Waals surface area contributed by atoms with E-state index in [9.17, 15) is 19.5 Å². The van der Waals surface area contributed by atoms with Gasteiger partial charge in [0, 0.05) is 157 Å². The Balaban J connectivity index is 0.000000125. The van der Waals surface area contributed by atoms with Crippen LogP contribution in [0.15, 0.2) is 97.6 Å². The van der Waals surface area contributed by atoms with Crippen LogP contribution in [0.2, 0.25) is 40.2 Å². The standard InChI is InChI=1S/C27H32Cl2N6O2.C26H32Cl2N6O2.C25H31Cl2N7O.C25H32Cl2N6O/c1-15-25-26(35(32-15)16(2)22-6-5-20(28)10-23(22)29)31-24(11-30-25)34-13-19(14-34)17-4-3-7-33(12-17)21-8-18(9-21)27(36)37;1-16-25-26(34(31-16)17(2)21-8-7-20(27)11-22(21)28)30-23(12-29-25)33-14-19(15-33)18-5-3-9-32(13-18)10-4-6-24(35)36;1-15-24-25(34(31-15)16(2)20-6-5-19(26)10-21(20)27)30-23(11-29-24)33-13-18(14-33)17-4-3-8-32(12-17)9-7-22(28)35;1-16-24-25(33(30-16)17(2)21-7-6-20(26)11-22(21)27)29-23(12-28-24)32-14-19(15-32)18-5-3-8-31(13-18)9-4-10-34/h5-6,10-11,16-19,21H,3-4,7-9,12-14H2,1-2H3,(H,36,37);7-8,11-12,17-19H,3-6,9-10,13-15H2,1-2H3,(H,35,36);5-6,10-11,16-18H,3-4,7-9,12-14H2,1-2H3,(H2,28,35);6-7,11-12,17-19,34H,3-5,8-10,13-15H2,1-2H3. The number of carbonyl (C=O) groups is 3. The maximum atomic E-state index is 11.2. The molecule has 756 valence electrons. The Labute approximate surface area is 868 Å². The molecule has 9 aliphatic rings. The lowest BCUT2D eigenvalue weighted by atomic mass is 9.76. The Morgan fingerprint density at radius 3 is 0.951 bits per heavy atom. The molecule has 9 fully saturated rings. The second kappa shape index (κ2) is 45.0. The molecule has 8 unspecified atom stereocenters. The number of aliphatic carboxylic acids is 2. The zero-order valence-corrected chi connectivity index (χ0v) is 87.8. The van der Waals surface area contributed by atoms with Crippen molar-refractivity contribution in [1.82, 2.24) is 98.6 Å². The zero-order valence-electron chi connectivity index (χ0n) is 81.8. The van der Waals surface area contributed by atoms with Gasteiger partial charge in [-0.15, -0.1) is 0 Å². The first-order valence-corrected chi connectivity index (χ1v) is 53.3. The summed E-state index contributed by atoms with van der Waals surface area (Å²) in [6.45, 7) is 35.6. The molecule has 5 N–H and O–H groups in total. The van der Waals surface area contributed by atoms with Gasteiger partial charge in [-0.2, -0.15) is 20.4 Å². The summed E-state index contributed by atoms with van der Waals surface area (Å²) in [6, 6.07) is 22.2. The number of aliphatic hydroxyl groups excluding tert-OH is 1. The number of benzene rings is 4. The Kier molecular flexibility index (Phi) is 32.6. The number of rotatable bonds is 28. The lowest BCUT2D eigenvalue weighted by molar-refractivity contribution is -0.147. The number of fused-ring (bicyclic) bond motifs is 4. The summed E-state index contributed by atoms with van der Waals surface area (Å²) in [7, 11) is 0. The predicted molar refractivity (Wildman–Crippen MR) is 562 cm³/mol. The number of piperidine rings is 4. The molecule has 8 aliphatic heterocycles. The predicted octanol–water partition coefficient (Wildman–Crippen LogP) is 18.8. The number of halogens is 8. The smallest absolute Gasteiger partial charge is 0.306 e. The quantitative estimate of drug-likeness (QED) is 0.0354. The third-order valence-electron chi connectivity index (χ3n) is 31.2. The zero-order chi connectivity index (χ0) is 99.7. The van der Waals surface area contributed by atoms with Crippen LogP contribution in [-0.4, -0.2) is 269 Å². The molecule has 31 nitrogen and oxygen atoms in total. The van der Waals surface area contributed by atoms with E-state index in [1.807, 2.05) is 120 Å². The van der Waals surface area contributed by atoms with Gasteiger partial charge in [0.2, 0.25) is 5.91 Å². The van der Waals surface area contributed by atoms with Gasteiger partial charge in [0.05, 0.1) is 77.6 Å². The number of nitrogens with zero attached hydrogens (tertiary/aromatic N) is 24. The molecule has 1 aliphatic carbocycles. The van der Waals surface area contributed by atoms with Crippen molar-refractivity contribution >= 4 is 179 Å². The molecule has 39 heteroatoms. The van der Waals surface area contributed by atoms with Crippen LogP contribution >= 0.6 is 92.8 Å². The van der Waals surface area contributed by atoms with Crippen molar-refractivity contribution in [3.8, 4) is 0 Å². The van der Waals surface area contributed by atoms with Gasteiger partial charge in [0.1, 0.15) is 45.3 Å². The molecule has 1 amide bonds. The molecule has 0 bridgehead atoms. The molecule has 8 aromatic heterocycles. The highest BCUT2D eigenvalue weighted by molar-refractivity contribution is 6.37. The Morgan fingerprint density at radius 1 is 0.380 bits per heavy atom. The lowest BCUT2D eigenvalue weighted by Crippen LogP contribution is -2.56. The minimum atomic E-state index is -0.710. The molecular formula is C103H127Cl8N25O6. The van der Waals surface area contributed by atoms with Gasteiger partial charge in [0.25, 0.3) is 0 Å². The molecule has 0 spiro atoms. The number of amides is 1. The Morgan fingerprint density at radius 2 is 0.669 bits per heavy atom. The fourth-order valence-electron chi connectivity index (χ4n) is 22.6. The molecule has 12 aromatic rings. The number of aryl methyl sites for hydroxylation is 4. The summed E-state index contributed by atoms with van der Waals surface area (Å²) in [5.41, 5.74) is 18.8. The molecule has 142 heavy (non-hydrogen) atoms. The molecule has 4 aromatic carbocycles. The molecule has 8 atom stereocenters. The minimum absolute atomic E-state index is 0.0956. The Hall–Kier alpha value is -9.19. The van der Waals surface area contributed by atoms with Gasteiger partial charge in [-0.05, 0) is 283 Å². The van der Waals surface area contributed by atoms with Crippen LogP contribution in [0.3, 0.4) is 0 Å². The molecule has 0 radical (unpaired) electrons. The van der Waals surface area contributed by atoms with Gasteiger partial charge in [-0.25, -0.2) is 58.6 Å². The van der Waals surface area contributed by atoms with E-state index in [-0.39, 0.29) is 49.0 Å². The SMILES string of the molecule is Cc1nn(C(C)c2ccc(Cl)cc2Cl)c2nc(N3CC(C4CCCN(C5CC(C(=O)O)C5)C4)C3)cnc12.Cc1nn(C(C)c2ccc(Cl)cc2Cl)c2nc(N3CC(C4CCCN(CCC(N)=O)C4)C3)cnc12.Cc1nn(C(C)c2ccc(Cl)cc2Cl)c2nc(N3CC(C4CCCN(CCCC(=O)O)C4)C3)cnc12.Cc1nn(C(C)c2ccc(Cl)cc2Cl)c2nc(N3CC(C4CCCN(CCCO)C4)C3)cnc12. The number of carboxylic acid groups (broad SMARTS) is 2. The van der Waals surface area contributed by atoms with Crippen LogP contribution < -0.4 is 25.3 Å². The van der Waals surface area contributed by atoms with Gasteiger partial charge >= 0.3 is 11.9 Å². The van der Waals surface area contributed by atoms with Crippen molar-refractivity contribution in [2.45, 2.75) is 175 Å². The van der Waals surface area contributed by atoms with Crippen molar-refractivity contribution in [3.05, 3.63) is 183 Å². The normalized spacial score (nSPS) is 21.7. The summed E-state index contributed by atoms with van der Waals surface area (Å²) >= 11 is 50.3. The number of aromatic nitrogens is 16. The van der Waals surface area contributed by atoms with Crippen molar-refractivity contribution in [3.63, 3.8) is 0 Å². The number of likely N-dealkylation sites (tertiary alicyclic amines) is 4. The first-order chi connectivity index (χ1) is 68.3. The van der Waals surface area contributed by atoms with Gasteiger partial charge in [-0.1, -0.05) is 117 Å². The molecule has 8 saturated heterocycles. The highest BCUT2D eigenvalue weighted by Crippen LogP contribution is 2.44. The van der Waals surface area contributed by atoms with Crippen LogP contribution in [0.25, 0.3) is 44.7 Å². The monoisotopic (exact) mass is 2090 g/mol. The van der Waals surface area contributed by atoms with Crippen molar-refractivity contribution in [2.75, 3.05) is 151 Å². The third kappa shape index (κ3) is 23.0. The minimum Gasteiger partial charge on any atom is -0.481 e. The number of aliphatic hydroxyl groups is 1. The maximum Gasteiger partial charge on any atom is 0.306 e. The van der Waals surface area contributed by atoms with Crippen LogP contribution in [0.5, 0.6) is 0 Å². The second-order valence-corrected chi connectivity index (χ2v) is 44.1. The summed E-state index contributed by atoms with van der Waals surface area (Å²) in [5.74, 6) is 7.08. The molecular weight excluding hydrogens is 1970 g/mol. The van der Waals surface area contributed by atoms with Crippen molar-refractivity contribution < 1.29 is 29.7 Å². The number of hydrogen-bond donors (Lipinski definition) is 4. The van der Waals surface area contributed by atoms with Crippen LogP contribution in [-0.2, 0) is 14.4 Å². The summed E-state index contributed by atoms with van der Waals surface area (Å²) < 4.78 is 7.65. The van der Waals surface area contributed by atoms with E-state index >= 15 is 0 Å². The molecule has 1 saturated carbocycles. The highest BCUT2D eigenvalue weighted by Gasteiger charge is 2.45. The van der Waals surface area contributed by atoms with E-state index in [2.05, 4.69) is 66.9 Å². The van der Waals surface area contributed by atoms with Crippen molar-refractivity contribution in [1.29, 1.82) is 0 Å². The topological polar surface area (TPSA) is 338 Å².